The second-order valence-corrected chi connectivity index (χ2v) is 7.60. The lowest BCUT2D eigenvalue weighted by Crippen LogP contribution is -2.56. The molecule has 0 unspecified atom stereocenters. The Bertz CT molecular complexity index is 787. The van der Waals surface area contributed by atoms with Crippen LogP contribution >= 0.6 is 0 Å². The van der Waals surface area contributed by atoms with Crippen LogP contribution < -0.4 is 4.74 Å². The number of benzene rings is 1. The van der Waals surface area contributed by atoms with Crippen molar-refractivity contribution >= 4 is 5.91 Å². The number of carbonyl (C=O) groups is 1. The molecule has 1 saturated carbocycles. The van der Waals surface area contributed by atoms with Crippen LogP contribution in [0.25, 0.3) is 0 Å². The number of hydrogen-bond donors (Lipinski definition) is 1. The van der Waals surface area contributed by atoms with Crippen LogP contribution in [0.5, 0.6) is 5.75 Å². The first kappa shape index (κ1) is 18.1. The Balaban J connectivity index is 1.78. The summed E-state index contributed by atoms with van der Waals surface area (Å²) in [7, 11) is 0. The summed E-state index contributed by atoms with van der Waals surface area (Å²) in [5.41, 5.74) is 0.256. The minimum Gasteiger partial charge on any atom is -0.494 e. The molecule has 2 fully saturated rings. The van der Waals surface area contributed by atoms with Crippen molar-refractivity contribution in [2.24, 2.45) is 5.92 Å². The van der Waals surface area contributed by atoms with Crippen molar-refractivity contribution in [1.82, 2.24) is 4.90 Å². The maximum atomic E-state index is 13.2. The molecule has 2 aliphatic rings. The smallest absolute Gasteiger partial charge is 0.290 e. The predicted octanol–water partition coefficient (Wildman–Crippen LogP) is 4.19. The molecule has 0 spiro atoms. The van der Waals surface area contributed by atoms with Gasteiger partial charge in [0.15, 0.2) is 5.76 Å². The van der Waals surface area contributed by atoms with E-state index in [1.54, 1.807) is 12.1 Å². The number of piperidine rings is 1. The largest absolute Gasteiger partial charge is 0.494 e. The number of furan rings is 1. The fourth-order valence-corrected chi connectivity index (χ4v) is 4.85. The number of para-hydroxylation sites is 1. The van der Waals surface area contributed by atoms with E-state index in [-0.39, 0.29) is 17.9 Å². The van der Waals surface area contributed by atoms with Gasteiger partial charge in [0.1, 0.15) is 5.75 Å². The van der Waals surface area contributed by atoms with Gasteiger partial charge < -0.3 is 19.2 Å². The van der Waals surface area contributed by atoms with E-state index in [9.17, 15) is 9.90 Å². The Morgan fingerprint density at radius 1 is 1.26 bits per heavy atom. The Labute approximate surface area is 159 Å². The summed E-state index contributed by atoms with van der Waals surface area (Å²) in [6.07, 6.45) is 5.95. The summed E-state index contributed by atoms with van der Waals surface area (Å²) < 4.78 is 11.3. The van der Waals surface area contributed by atoms with E-state index in [2.05, 4.69) is 0 Å². The van der Waals surface area contributed by atoms with Crippen LogP contribution in [-0.2, 0) is 0 Å². The van der Waals surface area contributed by atoms with Gasteiger partial charge in [-0.25, -0.2) is 0 Å². The molecule has 1 aliphatic carbocycles. The summed E-state index contributed by atoms with van der Waals surface area (Å²) in [6, 6.07) is 11.1. The quantitative estimate of drug-likeness (QED) is 0.878. The Hall–Kier alpha value is -2.27. The van der Waals surface area contributed by atoms with Crippen LogP contribution in [0.2, 0.25) is 0 Å². The fourth-order valence-electron chi connectivity index (χ4n) is 4.85. The van der Waals surface area contributed by atoms with Gasteiger partial charge in [-0.1, -0.05) is 31.0 Å². The highest BCUT2D eigenvalue weighted by atomic mass is 16.5. The van der Waals surface area contributed by atoms with Gasteiger partial charge in [-0.3, -0.25) is 4.79 Å². The van der Waals surface area contributed by atoms with Gasteiger partial charge in [0.2, 0.25) is 0 Å². The van der Waals surface area contributed by atoms with Gasteiger partial charge >= 0.3 is 0 Å². The molecule has 5 heteroatoms. The molecule has 1 N–H and O–H groups in total. The molecule has 3 atom stereocenters. The summed E-state index contributed by atoms with van der Waals surface area (Å²) in [6.45, 7) is 3.03. The Morgan fingerprint density at radius 2 is 2.11 bits per heavy atom. The first-order valence-electron chi connectivity index (χ1n) is 9.92. The number of nitrogens with zero attached hydrogens (tertiary/aromatic N) is 1. The Kier molecular flexibility index (Phi) is 4.96. The average molecular weight is 369 g/mol. The predicted molar refractivity (Wildman–Crippen MR) is 102 cm³/mol. The third-order valence-electron chi connectivity index (χ3n) is 6.10. The third-order valence-corrected chi connectivity index (χ3v) is 6.10. The molecular formula is C22H27NO4. The molecule has 0 radical (unpaired) electrons. The highest BCUT2D eigenvalue weighted by Gasteiger charge is 2.51. The van der Waals surface area contributed by atoms with Crippen LogP contribution in [0.1, 0.15) is 61.2 Å². The van der Waals surface area contributed by atoms with Gasteiger partial charge in [0.25, 0.3) is 5.91 Å². The van der Waals surface area contributed by atoms with E-state index in [1.165, 1.54) is 6.26 Å². The zero-order chi connectivity index (χ0) is 18.9. The molecule has 1 amide bonds. The summed E-state index contributed by atoms with van der Waals surface area (Å²) >= 11 is 0. The molecular weight excluding hydrogens is 342 g/mol. The maximum Gasteiger partial charge on any atom is 0.290 e. The molecule has 2 heterocycles. The molecule has 4 rings (SSSR count). The van der Waals surface area contributed by atoms with Crippen molar-refractivity contribution in [3.05, 3.63) is 54.0 Å². The third kappa shape index (κ3) is 3.25. The number of hydrogen-bond acceptors (Lipinski definition) is 4. The van der Waals surface area contributed by atoms with Crippen molar-refractivity contribution in [1.29, 1.82) is 0 Å². The van der Waals surface area contributed by atoms with Crippen molar-refractivity contribution in [2.75, 3.05) is 13.2 Å². The highest BCUT2D eigenvalue weighted by molar-refractivity contribution is 5.92. The van der Waals surface area contributed by atoms with Gasteiger partial charge in [0.05, 0.1) is 24.5 Å². The summed E-state index contributed by atoms with van der Waals surface area (Å²) in [4.78, 5) is 15.1. The monoisotopic (exact) mass is 369 g/mol. The number of ether oxygens (including phenoxy) is 1. The van der Waals surface area contributed by atoms with Crippen molar-refractivity contribution in [2.45, 2.75) is 50.7 Å². The van der Waals surface area contributed by atoms with Crippen molar-refractivity contribution in [3.63, 3.8) is 0 Å². The minimum atomic E-state index is -0.720. The van der Waals surface area contributed by atoms with Crippen LogP contribution in [0.3, 0.4) is 0 Å². The molecule has 27 heavy (non-hydrogen) atoms. The number of amides is 1. The van der Waals surface area contributed by atoms with Gasteiger partial charge in [0, 0.05) is 18.0 Å². The minimum absolute atomic E-state index is 0.000480. The van der Waals surface area contributed by atoms with Gasteiger partial charge in [-0.15, -0.1) is 0 Å². The van der Waals surface area contributed by atoms with Crippen LogP contribution in [0, 0.1) is 5.92 Å². The molecule has 1 aromatic heterocycles. The number of carbonyl (C=O) groups excluding carboxylic acids is 1. The molecule has 1 aliphatic heterocycles. The van der Waals surface area contributed by atoms with E-state index >= 15 is 0 Å². The lowest BCUT2D eigenvalue weighted by atomic mass is 9.66. The lowest BCUT2D eigenvalue weighted by Gasteiger charge is -2.52. The molecule has 1 saturated heterocycles. The topological polar surface area (TPSA) is 62.9 Å². The van der Waals surface area contributed by atoms with Crippen molar-refractivity contribution in [3.8, 4) is 5.75 Å². The number of aliphatic hydroxyl groups is 1. The number of fused-ring (bicyclic) bond motifs is 1. The molecule has 0 bridgehead atoms. The Morgan fingerprint density at radius 3 is 2.89 bits per heavy atom. The SMILES string of the molecule is CCOc1ccccc1[C@H]1[C@@H]2CCCC[C@]2(O)CCN1C(=O)c1ccco1. The van der Waals surface area contributed by atoms with Crippen LogP contribution in [-0.4, -0.2) is 34.7 Å². The van der Waals surface area contributed by atoms with E-state index in [4.69, 9.17) is 9.15 Å². The van der Waals surface area contributed by atoms with E-state index < -0.39 is 5.60 Å². The van der Waals surface area contributed by atoms with Gasteiger partial charge in [-0.05, 0) is 44.4 Å². The molecule has 2 aromatic rings. The average Bonchev–Trinajstić information content (AvgIpc) is 3.22. The molecule has 1 aromatic carbocycles. The summed E-state index contributed by atoms with van der Waals surface area (Å²) in [5.74, 6) is 1.01. The maximum absolute atomic E-state index is 13.2. The van der Waals surface area contributed by atoms with E-state index in [0.717, 1.165) is 37.0 Å². The second kappa shape index (κ2) is 7.39. The molecule has 144 valence electrons. The normalized spacial score (nSPS) is 27.9. The lowest BCUT2D eigenvalue weighted by molar-refractivity contribution is -0.115. The van der Waals surface area contributed by atoms with Crippen molar-refractivity contribution < 1.29 is 19.1 Å². The van der Waals surface area contributed by atoms with E-state index in [1.807, 2.05) is 36.1 Å². The highest BCUT2D eigenvalue weighted by Crippen LogP contribution is 2.51. The second-order valence-electron chi connectivity index (χ2n) is 7.60. The zero-order valence-corrected chi connectivity index (χ0v) is 15.8. The number of rotatable bonds is 4. The standard InChI is InChI=1S/C22H27NO4/c1-2-26-18-10-4-3-8-16(18)20-17-9-5-6-12-22(17,25)13-14-23(20)21(24)19-11-7-15-27-19/h3-4,7-8,10-11,15,17,20,25H,2,5-6,9,12-14H2,1H3/t17-,20-,22-/m0/s1. The first-order chi connectivity index (χ1) is 13.1. The number of likely N-dealkylation sites (tertiary alicyclic amines) is 1. The van der Waals surface area contributed by atoms with E-state index in [0.29, 0.717) is 25.3 Å². The van der Waals surface area contributed by atoms with Crippen LogP contribution in [0.4, 0.5) is 0 Å². The first-order valence-corrected chi connectivity index (χ1v) is 9.92. The zero-order valence-electron chi connectivity index (χ0n) is 15.8. The molecule has 5 nitrogen and oxygen atoms in total. The fraction of sp³-hybridized carbons (Fsp3) is 0.500. The van der Waals surface area contributed by atoms with Gasteiger partial charge in [-0.2, -0.15) is 0 Å². The van der Waals surface area contributed by atoms with Crippen LogP contribution in [0.15, 0.2) is 47.1 Å². The summed E-state index contributed by atoms with van der Waals surface area (Å²) in [5, 5.41) is 11.4.